The molecule has 2 aliphatic rings. The van der Waals surface area contributed by atoms with Crippen molar-refractivity contribution in [2.45, 2.75) is 59.8 Å². The number of esters is 1. The van der Waals surface area contributed by atoms with E-state index in [1.165, 1.54) is 6.92 Å². The number of carbonyl (C=O) groups excluding carboxylic acids is 2. The van der Waals surface area contributed by atoms with Crippen molar-refractivity contribution in [3.63, 3.8) is 0 Å². The van der Waals surface area contributed by atoms with Gasteiger partial charge in [0, 0.05) is 18.9 Å². The first-order chi connectivity index (χ1) is 12.1. The zero-order valence-electron chi connectivity index (χ0n) is 16.2. The van der Waals surface area contributed by atoms with Crippen LogP contribution in [0.25, 0.3) is 0 Å². The Balaban J connectivity index is 2.18. The first-order valence-electron chi connectivity index (χ1n) is 9.34. The third kappa shape index (κ3) is 4.43. The molecule has 26 heavy (non-hydrogen) atoms. The van der Waals surface area contributed by atoms with E-state index < -0.39 is 11.9 Å². The van der Waals surface area contributed by atoms with Gasteiger partial charge in [-0.3, -0.25) is 9.59 Å². The highest BCUT2D eigenvalue weighted by Gasteiger charge is 2.52. The molecule has 5 nitrogen and oxygen atoms in total. The van der Waals surface area contributed by atoms with Gasteiger partial charge in [0.25, 0.3) is 0 Å². The van der Waals surface area contributed by atoms with Crippen LogP contribution in [0, 0.1) is 22.7 Å². The molecule has 144 valence electrons. The number of hydrogen-bond donors (Lipinski definition) is 1. The summed E-state index contributed by atoms with van der Waals surface area (Å²) in [6.07, 6.45) is 9.17. The first-order valence-corrected chi connectivity index (χ1v) is 9.34. The highest BCUT2D eigenvalue weighted by atomic mass is 16.5. The Hall–Kier alpha value is -1.91. The van der Waals surface area contributed by atoms with Gasteiger partial charge in [-0.1, -0.05) is 33.3 Å². The molecule has 0 unspecified atom stereocenters. The number of aliphatic carboxylic acids is 1. The van der Waals surface area contributed by atoms with E-state index in [-0.39, 0.29) is 29.1 Å². The molecule has 0 bridgehead atoms. The molecule has 1 N–H and O–H groups in total. The van der Waals surface area contributed by atoms with E-state index in [1.807, 2.05) is 0 Å². The number of ether oxygens (including phenoxy) is 1. The molecule has 0 aromatic carbocycles. The quantitative estimate of drug-likeness (QED) is 0.572. The summed E-state index contributed by atoms with van der Waals surface area (Å²) in [7, 11) is 0. The van der Waals surface area contributed by atoms with E-state index in [4.69, 9.17) is 9.84 Å². The molecule has 2 aliphatic carbocycles. The second kappa shape index (κ2) is 7.77. The smallest absolute Gasteiger partial charge is 0.328 e. The van der Waals surface area contributed by atoms with Crippen LogP contribution >= 0.6 is 0 Å². The van der Waals surface area contributed by atoms with Crippen molar-refractivity contribution in [2.24, 2.45) is 22.7 Å². The first kappa shape index (κ1) is 20.4. The molecule has 0 heterocycles. The van der Waals surface area contributed by atoms with Gasteiger partial charge in [-0.2, -0.15) is 0 Å². The SMILES string of the molecule is CC(=O)OC/C(=C/C(=O)O)CC[C@@H]1C(=O)C=C[C@@H]2C(C)(C)CCC[C@@]12C. The lowest BCUT2D eigenvalue weighted by atomic mass is 9.49. The fourth-order valence-corrected chi connectivity index (χ4v) is 4.99. The fourth-order valence-electron chi connectivity index (χ4n) is 4.99. The van der Waals surface area contributed by atoms with E-state index >= 15 is 0 Å². The fraction of sp³-hybridized carbons (Fsp3) is 0.667. The van der Waals surface area contributed by atoms with Crippen molar-refractivity contribution < 1.29 is 24.2 Å². The number of allylic oxidation sites excluding steroid dienone is 2. The van der Waals surface area contributed by atoms with Crippen molar-refractivity contribution in [3.8, 4) is 0 Å². The molecule has 1 saturated carbocycles. The van der Waals surface area contributed by atoms with Crippen LogP contribution in [0.15, 0.2) is 23.8 Å². The maximum atomic E-state index is 12.7. The van der Waals surface area contributed by atoms with E-state index in [0.29, 0.717) is 24.3 Å². The lowest BCUT2D eigenvalue weighted by Gasteiger charge is -2.54. The van der Waals surface area contributed by atoms with Crippen LogP contribution in [0.3, 0.4) is 0 Å². The van der Waals surface area contributed by atoms with Crippen LogP contribution in [0.4, 0.5) is 0 Å². The molecule has 3 atom stereocenters. The third-order valence-electron chi connectivity index (χ3n) is 6.22. The Kier molecular flexibility index (Phi) is 6.09. The second-order valence-corrected chi connectivity index (χ2v) is 8.60. The van der Waals surface area contributed by atoms with Crippen molar-refractivity contribution in [3.05, 3.63) is 23.8 Å². The summed E-state index contributed by atoms with van der Waals surface area (Å²) in [6.45, 7) is 8.00. The molecule has 0 radical (unpaired) electrons. The van der Waals surface area contributed by atoms with Gasteiger partial charge in [0.05, 0.1) is 0 Å². The Morgan fingerprint density at radius 1 is 1.31 bits per heavy atom. The number of ketones is 1. The van der Waals surface area contributed by atoms with Crippen molar-refractivity contribution >= 4 is 17.7 Å². The van der Waals surface area contributed by atoms with Crippen molar-refractivity contribution in [1.82, 2.24) is 0 Å². The van der Waals surface area contributed by atoms with Gasteiger partial charge in [-0.05, 0) is 54.1 Å². The number of carboxylic acids is 1. The zero-order valence-corrected chi connectivity index (χ0v) is 16.2. The van der Waals surface area contributed by atoms with Gasteiger partial charge < -0.3 is 9.84 Å². The highest BCUT2D eigenvalue weighted by Crippen LogP contribution is 2.58. The largest absolute Gasteiger partial charge is 0.478 e. The summed E-state index contributed by atoms with van der Waals surface area (Å²) in [5, 5.41) is 9.05. The van der Waals surface area contributed by atoms with Crippen LogP contribution in [0.2, 0.25) is 0 Å². The average molecular weight is 362 g/mol. The van der Waals surface area contributed by atoms with E-state index in [0.717, 1.165) is 25.3 Å². The van der Waals surface area contributed by atoms with E-state index in [2.05, 4.69) is 26.8 Å². The molecule has 2 rings (SSSR count). The summed E-state index contributed by atoms with van der Waals surface area (Å²) in [6, 6.07) is 0. The molecule has 0 spiro atoms. The zero-order chi connectivity index (χ0) is 19.5. The molecule has 0 saturated heterocycles. The van der Waals surface area contributed by atoms with Crippen LogP contribution in [-0.4, -0.2) is 29.4 Å². The summed E-state index contributed by atoms with van der Waals surface area (Å²) >= 11 is 0. The number of carbonyl (C=O) groups is 3. The van der Waals surface area contributed by atoms with Crippen molar-refractivity contribution in [2.75, 3.05) is 6.61 Å². The number of carboxylic acid groups (broad SMARTS) is 1. The third-order valence-corrected chi connectivity index (χ3v) is 6.22. The molecule has 0 aromatic heterocycles. The van der Waals surface area contributed by atoms with Crippen LogP contribution < -0.4 is 0 Å². The minimum atomic E-state index is -1.06. The lowest BCUT2D eigenvalue weighted by molar-refractivity contribution is -0.140. The minimum Gasteiger partial charge on any atom is -0.478 e. The monoisotopic (exact) mass is 362 g/mol. The topological polar surface area (TPSA) is 80.7 Å². The van der Waals surface area contributed by atoms with Gasteiger partial charge in [-0.25, -0.2) is 4.79 Å². The molecule has 1 fully saturated rings. The number of fused-ring (bicyclic) bond motifs is 1. The Morgan fingerprint density at radius 2 is 2.00 bits per heavy atom. The molecular formula is C21H30O5. The maximum Gasteiger partial charge on any atom is 0.328 e. The summed E-state index contributed by atoms with van der Waals surface area (Å²) in [5.41, 5.74) is 0.578. The molecular weight excluding hydrogens is 332 g/mol. The number of hydrogen-bond acceptors (Lipinski definition) is 4. The van der Waals surface area contributed by atoms with Crippen LogP contribution in [-0.2, 0) is 19.1 Å². The minimum absolute atomic E-state index is 0.0377. The Labute approximate surface area is 155 Å². The van der Waals surface area contributed by atoms with Gasteiger partial charge in [0.1, 0.15) is 6.61 Å². The highest BCUT2D eigenvalue weighted by molar-refractivity contribution is 5.93. The van der Waals surface area contributed by atoms with Gasteiger partial charge >= 0.3 is 11.9 Å². The summed E-state index contributed by atoms with van der Waals surface area (Å²) in [4.78, 5) is 34.8. The van der Waals surface area contributed by atoms with Gasteiger partial charge in [0.2, 0.25) is 0 Å². The Morgan fingerprint density at radius 3 is 2.62 bits per heavy atom. The normalized spacial score (nSPS) is 30.6. The molecule has 0 aromatic rings. The molecule has 0 amide bonds. The predicted octanol–water partition coefficient (Wildman–Crippen LogP) is 3.93. The summed E-state index contributed by atoms with van der Waals surface area (Å²) < 4.78 is 4.97. The second-order valence-electron chi connectivity index (χ2n) is 8.60. The van der Waals surface area contributed by atoms with Crippen LogP contribution in [0.5, 0.6) is 0 Å². The van der Waals surface area contributed by atoms with E-state index in [1.54, 1.807) is 6.08 Å². The molecule has 5 heteroatoms. The van der Waals surface area contributed by atoms with Gasteiger partial charge in [0.15, 0.2) is 5.78 Å². The Bertz CT molecular complexity index is 643. The number of rotatable bonds is 6. The lowest BCUT2D eigenvalue weighted by Crippen LogP contribution is -2.49. The van der Waals surface area contributed by atoms with E-state index in [9.17, 15) is 14.4 Å². The van der Waals surface area contributed by atoms with Crippen LogP contribution in [0.1, 0.15) is 59.8 Å². The van der Waals surface area contributed by atoms with Gasteiger partial charge in [-0.15, -0.1) is 0 Å². The standard InChI is InChI=1S/C21H30O5/c1-14(22)26-13-15(12-19(24)25)6-7-16-17(23)8-9-18-20(2,3)10-5-11-21(16,18)4/h8-9,12,16,18H,5-7,10-11,13H2,1-4H3,(H,24,25)/b15-12+/t16-,18-,21+/m1/s1. The predicted molar refractivity (Wildman–Crippen MR) is 98.5 cm³/mol. The maximum absolute atomic E-state index is 12.7. The molecule has 0 aliphatic heterocycles. The average Bonchev–Trinajstić information content (AvgIpc) is 2.50. The van der Waals surface area contributed by atoms with Crippen molar-refractivity contribution in [1.29, 1.82) is 0 Å². The summed E-state index contributed by atoms with van der Waals surface area (Å²) in [5.74, 6) is -1.18.